The molecule has 2 aromatic rings. The van der Waals surface area contributed by atoms with Crippen LogP contribution in [0.15, 0.2) is 36.4 Å². The first-order valence-electron chi connectivity index (χ1n) is 5.37. The molecule has 0 aliphatic carbocycles. The molecule has 0 aliphatic heterocycles. The molecule has 0 bridgehead atoms. The van der Waals surface area contributed by atoms with E-state index < -0.39 is 15.2 Å². The van der Waals surface area contributed by atoms with E-state index in [0.29, 0.717) is 16.3 Å². The van der Waals surface area contributed by atoms with Crippen molar-refractivity contribution in [3.8, 4) is 0 Å². The van der Waals surface area contributed by atoms with Crippen LogP contribution >= 0.6 is 11.6 Å². The third-order valence-corrected chi connectivity index (χ3v) is 4.20. The second kappa shape index (κ2) is 4.86. The van der Waals surface area contributed by atoms with Crippen molar-refractivity contribution in [3.63, 3.8) is 0 Å². The van der Waals surface area contributed by atoms with Crippen LogP contribution in [0.1, 0.15) is 10.9 Å². The van der Waals surface area contributed by atoms with Crippen LogP contribution in [0.3, 0.4) is 0 Å². The molecule has 0 saturated carbocycles. The van der Waals surface area contributed by atoms with Gasteiger partial charge in [0, 0.05) is 11.6 Å². The van der Waals surface area contributed by atoms with Gasteiger partial charge in [-0.3, -0.25) is 0 Å². The number of hydrogen-bond donors (Lipinski definition) is 0. The van der Waals surface area contributed by atoms with Gasteiger partial charge >= 0.3 is 0 Å². The van der Waals surface area contributed by atoms with Gasteiger partial charge in [0.05, 0.1) is 11.1 Å². The molecule has 0 spiro atoms. The Morgan fingerprint density at radius 1 is 1.17 bits per heavy atom. The van der Waals surface area contributed by atoms with E-state index >= 15 is 0 Å². The molecule has 0 saturated heterocycles. The first kappa shape index (κ1) is 13.3. The van der Waals surface area contributed by atoms with Crippen LogP contribution in [0.25, 0.3) is 10.8 Å². The fourth-order valence-electron chi connectivity index (χ4n) is 1.91. The van der Waals surface area contributed by atoms with Gasteiger partial charge in [0.1, 0.15) is 15.7 Å². The van der Waals surface area contributed by atoms with Crippen LogP contribution in [-0.4, -0.2) is 20.4 Å². The predicted molar refractivity (Wildman–Crippen MR) is 72.2 cm³/mol. The van der Waals surface area contributed by atoms with Crippen molar-refractivity contribution in [2.24, 2.45) is 0 Å². The molecule has 2 nitrogen and oxygen atoms in total. The zero-order valence-electron chi connectivity index (χ0n) is 9.73. The number of fused-ring (bicyclic) bond motifs is 1. The maximum atomic E-state index is 13.6. The van der Waals surface area contributed by atoms with Crippen molar-refractivity contribution in [1.82, 2.24) is 0 Å². The molecule has 1 unspecified atom stereocenters. The first-order valence-corrected chi connectivity index (χ1v) is 7.87. The Labute approximate surface area is 110 Å². The summed E-state index contributed by atoms with van der Waals surface area (Å²) in [6, 6.07) is 9.75. The number of alkyl halides is 1. The summed E-state index contributed by atoms with van der Waals surface area (Å²) in [6.45, 7) is 0. The molecule has 1 atom stereocenters. The van der Waals surface area contributed by atoms with Crippen LogP contribution in [-0.2, 0) is 9.84 Å². The molecule has 0 radical (unpaired) electrons. The van der Waals surface area contributed by atoms with Gasteiger partial charge in [-0.25, -0.2) is 12.8 Å². The molecule has 5 heteroatoms. The van der Waals surface area contributed by atoms with Crippen LogP contribution in [0.5, 0.6) is 0 Å². The number of halogens is 2. The number of rotatable bonds is 3. The van der Waals surface area contributed by atoms with Crippen molar-refractivity contribution in [1.29, 1.82) is 0 Å². The molecule has 0 heterocycles. The summed E-state index contributed by atoms with van der Waals surface area (Å²) in [6.07, 6.45) is 1.13. The highest BCUT2D eigenvalue weighted by atomic mass is 35.5. The summed E-state index contributed by atoms with van der Waals surface area (Å²) in [5.41, 5.74) is 0.638. The summed E-state index contributed by atoms with van der Waals surface area (Å²) in [7, 11) is -3.18. The molecule has 0 N–H and O–H groups in total. The van der Waals surface area contributed by atoms with Crippen LogP contribution in [0.4, 0.5) is 4.39 Å². The number of benzene rings is 2. The Morgan fingerprint density at radius 2 is 1.78 bits per heavy atom. The summed E-state index contributed by atoms with van der Waals surface area (Å²) in [5.74, 6) is -0.498. The lowest BCUT2D eigenvalue weighted by Crippen LogP contribution is -2.09. The van der Waals surface area contributed by atoms with Crippen molar-refractivity contribution in [2.45, 2.75) is 5.38 Å². The van der Waals surface area contributed by atoms with Crippen molar-refractivity contribution >= 4 is 32.2 Å². The zero-order valence-corrected chi connectivity index (χ0v) is 11.3. The lowest BCUT2D eigenvalue weighted by Gasteiger charge is -2.12. The van der Waals surface area contributed by atoms with Crippen LogP contribution in [0.2, 0.25) is 0 Å². The van der Waals surface area contributed by atoms with Gasteiger partial charge in [0.25, 0.3) is 0 Å². The van der Waals surface area contributed by atoms with E-state index in [9.17, 15) is 12.8 Å². The predicted octanol–water partition coefficient (Wildman–Crippen LogP) is 3.30. The second-order valence-corrected chi connectivity index (χ2v) is 6.95. The average Bonchev–Trinajstić information content (AvgIpc) is 2.27. The molecule has 2 aromatic carbocycles. The largest absolute Gasteiger partial charge is 0.229 e. The lowest BCUT2D eigenvalue weighted by atomic mass is 10.0. The first-order chi connectivity index (χ1) is 8.38. The summed E-state index contributed by atoms with van der Waals surface area (Å²) in [5, 5.41) is 0.431. The number of sulfone groups is 1. The third kappa shape index (κ3) is 2.82. The van der Waals surface area contributed by atoms with E-state index in [1.54, 1.807) is 30.3 Å². The molecule has 0 amide bonds. The van der Waals surface area contributed by atoms with Crippen molar-refractivity contribution < 1.29 is 12.8 Å². The van der Waals surface area contributed by atoms with E-state index in [1.165, 1.54) is 6.07 Å². The van der Waals surface area contributed by atoms with E-state index in [4.69, 9.17) is 11.6 Å². The van der Waals surface area contributed by atoms with E-state index in [2.05, 4.69) is 0 Å². The maximum Gasteiger partial charge on any atom is 0.149 e. The van der Waals surface area contributed by atoms with Gasteiger partial charge in [0.15, 0.2) is 0 Å². The monoisotopic (exact) mass is 286 g/mol. The van der Waals surface area contributed by atoms with E-state index in [1.807, 2.05) is 0 Å². The highest BCUT2D eigenvalue weighted by molar-refractivity contribution is 7.90. The minimum absolute atomic E-state index is 0.163. The van der Waals surface area contributed by atoms with Gasteiger partial charge < -0.3 is 0 Å². The van der Waals surface area contributed by atoms with Gasteiger partial charge in [-0.1, -0.05) is 30.3 Å². The van der Waals surface area contributed by atoms with E-state index in [-0.39, 0.29) is 11.6 Å². The fraction of sp³-hybridized carbons (Fsp3) is 0.231. The van der Waals surface area contributed by atoms with E-state index in [0.717, 1.165) is 6.26 Å². The highest BCUT2D eigenvalue weighted by Crippen LogP contribution is 2.30. The molecule has 2 rings (SSSR count). The smallest absolute Gasteiger partial charge is 0.149 e. The standard InChI is InChI=1S/C13H12ClFO2S/c1-18(16,17)8-12(14)10-6-7-13(15)11-5-3-2-4-9(10)11/h2-7,12H,8H2,1H3. The molecule has 18 heavy (non-hydrogen) atoms. The Kier molecular flexibility index (Phi) is 3.59. The molecular formula is C13H12ClFO2S. The van der Waals surface area contributed by atoms with Crippen LogP contribution < -0.4 is 0 Å². The summed E-state index contributed by atoms with van der Waals surface area (Å²) < 4.78 is 36.1. The van der Waals surface area contributed by atoms with Crippen LogP contribution in [0, 0.1) is 5.82 Å². The zero-order chi connectivity index (χ0) is 13.3. The molecule has 0 aromatic heterocycles. The van der Waals surface area contributed by atoms with Crippen molar-refractivity contribution in [2.75, 3.05) is 12.0 Å². The van der Waals surface area contributed by atoms with Gasteiger partial charge in [-0.05, 0) is 17.0 Å². The Bertz CT molecular complexity index is 682. The Balaban J connectivity index is 2.55. The SMILES string of the molecule is CS(=O)(=O)CC(Cl)c1ccc(F)c2ccccc12. The average molecular weight is 287 g/mol. The van der Waals surface area contributed by atoms with Crippen molar-refractivity contribution in [3.05, 3.63) is 47.8 Å². The minimum Gasteiger partial charge on any atom is -0.229 e. The molecule has 0 fully saturated rings. The van der Waals surface area contributed by atoms with Gasteiger partial charge in [-0.15, -0.1) is 11.6 Å². The summed E-state index contributed by atoms with van der Waals surface area (Å²) >= 11 is 6.12. The normalized spacial score (nSPS) is 13.7. The number of hydrogen-bond acceptors (Lipinski definition) is 2. The lowest BCUT2D eigenvalue weighted by molar-refractivity contribution is 0.600. The summed E-state index contributed by atoms with van der Waals surface area (Å²) in [4.78, 5) is 0. The molecular weight excluding hydrogens is 275 g/mol. The highest BCUT2D eigenvalue weighted by Gasteiger charge is 2.17. The second-order valence-electron chi connectivity index (χ2n) is 4.24. The molecule has 96 valence electrons. The fourth-order valence-corrected chi connectivity index (χ4v) is 3.50. The quantitative estimate of drug-likeness (QED) is 0.811. The maximum absolute atomic E-state index is 13.6. The van der Waals surface area contributed by atoms with Gasteiger partial charge in [0.2, 0.25) is 0 Å². The van der Waals surface area contributed by atoms with Gasteiger partial charge in [-0.2, -0.15) is 0 Å². The third-order valence-electron chi connectivity index (χ3n) is 2.69. The Morgan fingerprint density at radius 3 is 2.39 bits per heavy atom. The Hall–Kier alpha value is -1.13. The minimum atomic E-state index is -3.18. The molecule has 0 aliphatic rings. The topological polar surface area (TPSA) is 34.1 Å².